The van der Waals surface area contributed by atoms with Crippen LogP contribution in [0.15, 0.2) is 52.9 Å². The number of piperidine rings is 1. The number of nitro benzene ring substituents is 1. The Hall–Kier alpha value is -2.70. The van der Waals surface area contributed by atoms with Gasteiger partial charge in [-0.2, -0.15) is 5.06 Å². The zero-order chi connectivity index (χ0) is 22.4. The molecule has 1 aliphatic heterocycles. The second-order valence-electron chi connectivity index (χ2n) is 9.73. The van der Waals surface area contributed by atoms with E-state index >= 15 is 0 Å². The fourth-order valence-corrected chi connectivity index (χ4v) is 4.67. The van der Waals surface area contributed by atoms with Gasteiger partial charge in [0.25, 0.3) is 5.69 Å². The van der Waals surface area contributed by atoms with Gasteiger partial charge >= 0.3 is 0 Å². The zero-order valence-corrected chi connectivity index (χ0v) is 18.8. The van der Waals surface area contributed by atoms with E-state index in [-0.39, 0.29) is 22.9 Å². The van der Waals surface area contributed by atoms with Crippen LogP contribution >= 0.6 is 0 Å². The Labute approximate surface area is 182 Å². The van der Waals surface area contributed by atoms with Gasteiger partial charge in [0.05, 0.1) is 4.92 Å². The predicted octanol–water partition coefficient (Wildman–Crippen LogP) is 7.04. The normalized spacial score (nSPS) is 19.4. The Kier molecular flexibility index (Phi) is 5.40. The molecular formula is C25H30N2O4. The van der Waals surface area contributed by atoms with Crippen molar-refractivity contribution in [1.29, 1.82) is 0 Å². The summed E-state index contributed by atoms with van der Waals surface area (Å²) in [5.74, 6) is 0.689. The molecule has 6 heteroatoms. The van der Waals surface area contributed by atoms with Gasteiger partial charge in [-0.25, -0.2) is 0 Å². The Bertz CT molecular complexity index is 1080. The molecule has 1 fully saturated rings. The van der Waals surface area contributed by atoms with Crippen LogP contribution in [0.4, 0.5) is 5.69 Å². The molecule has 0 radical (unpaired) electrons. The quantitative estimate of drug-likeness (QED) is 0.326. The van der Waals surface area contributed by atoms with Crippen LogP contribution < -0.4 is 0 Å². The molecule has 2 heterocycles. The standard InChI is InChI=1S/C25H30N2O4/c1-17(31-27-24(2,3)13-6-14-25(27,4)5)19-7-8-20-16-22(30-23(20)15-19)18-9-11-21(12-10-18)26(28)29/h7-12,15-17H,6,13-14H2,1-5H3. The summed E-state index contributed by atoms with van der Waals surface area (Å²) < 4.78 is 6.08. The highest BCUT2D eigenvalue weighted by Gasteiger charge is 2.43. The van der Waals surface area contributed by atoms with Crippen LogP contribution in [0.25, 0.3) is 22.3 Å². The lowest BCUT2D eigenvalue weighted by Gasteiger charge is -2.52. The van der Waals surface area contributed by atoms with E-state index < -0.39 is 4.92 Å². The molecular weight excluding hydrogens is 392 g/mol. The lowest BCUT2D eigenvalue weighted by atomic mass is 9.82. The van der Waals surface area contributed by atoms with Crippen LogP contribution in [-0.4, -0.2) is 21.1 Å². The van der Waals surface area contributed by atoms with Crippen molar-refractivity contribution in [2.75, 3.05) is 0 Å². The summed E-state index contributed by atoms with van der Waals surface area (Å²) in [5, 5.41) is 14.1. The number of non-ortho nitro benzene ring substituents is 1. The summed E-state index contributed by atoms with van der Waals surface area (Å²) in [7, 11) is 0. The maximum absolute atomic E-state index is 10.9. The minimum atomic E-state index is -0.402. The van der Waals surface area contributed by atoms with Gasteiger partial charge in [0.1, 0.15) is 17.4 Å². The Morgan fingerprint density at radius 2 is 1.68 bits per heavy atom. The van der Waals surface area contributed by atoms with E-state index in [4.69, 9.17) is 9.25 Å². The van der Waals surface area contributed by atoms with Crippen molar-refractivity contribution in [3.63, 3.8) is 0 Å². The van der Waals surface area contributed by atoms with Crippen molar-refractivity contribution < 1.29 is 14.2 Å². The number of nitro groups is 1. The highest BCUT2D eigenvalue weighted by Crippen LogP contribution is 2.41. The Balaban J connectivity index is 1.58. The first-order valence-corrected chi connectivity index (χ1v) is 10.8. The van der Waals surface area contributed by atoms with Gasteiger partial charge in [-0.3, -0.25) is 15.0 Å². The van der Waals surface area contributed by atoms with Crippen molar-refractivity contribution in [2.24, 2.45) is 0 Å². The molecule has 0 amide bonds. The van der Waals surface area contributed by atoms with Crippen molar-refractivity contribution in [1.82, 2.24) is 5.06 Å². The maximum atomic E-state index is 10.9. The molecule has 0 saturated carbocycles. The molecule has 1 saturated heterocycles. The van der Waals surface area contributed by atoms with Gasteiger partial charge < -0.3 is 4.42 Å². The molecule has 0 bridgehead atoms. The number of fused-ring (bicyclic) bond motifs is 1. The van der Waals surface area contributed by atoms with E-state index in [1.807, 2.05) is 18.2 Å². The highest BCUT2D eigenvalue weighted by molar-refractivity contribution is 5.83. The summed E-state index contributed by atoms with van der Waals surface area (Å²) in [5.41, 5.74) is 2.66. The zero-order valence-electron chi connectivity index (χ0n) is 18.8. The molecule has 1 aliphatic rings. The van der Waals surface area contributed by atoms with Gasteiger partial charge in [-0.15, -0.1) is 0 Å². The lowest BCUT2D eigenvalue weighted by Crippen LogP contribution is -2.58. The van der Waals surface area contributed by atoms with E-state index in [1.165, 1.54) is 18.6 Å². The smallest absolute Gasteiger partial charge is 0.269 e. The number of hydroxylamine groups is 2. The Morgan fingerprint density at radius 3 is 2.29 bits per heavy atom. The molecule has 0 spiro atoms. The van der Waals surface area contributed by atoms with Crippen molar-refractivity contribution in [3.8, 4) is 11.3 Å². The maximum Gasteiger partial charge on any atom is 0.269 e. The SMILES string of the molecule is CC(ON1C(C)(C)CCCC1(C)C)c1ccc2cc(-c3ccc([N+](=O)[O-])cc3)oc2c1. The number of hydrogen-bond donors (Lipinski definition) is 0. The molecule has 2 aromatic carbocycles. The monoisotopic (exact) mass is 422 g/mol. The molecule has 0 N–H and O–H groups in total. The number of nitrogens with zero attached hydrogens (tertiary/aromatic N) is 2. The summed E-state index contributed by atoms with van der Waals surface area (Å²) in [6.07, 6.45) is 3.31. The summed E-state index contributed by atoms with van der Waals surface area (Å²) in [4.78, 5) is 17.0. The largest absolute Gasteiger partial charge is 0.456 e. The van der Waals surface area contributed by atoms with Gasteiger partial charge in [0.2, 0.25) is 0 Å². The molecule has 1 atom stereocenters. The molecule has 4 rings (SSSR count). The van der Waals surface area contributed by atoms with Crippen LogP contribution in [0.2, 0.25) is 0 Å². The van der Waals surface area contributed by atoms with E-state index in [1.54, 1.807) is 12.1 Å². The van der Waals surface area contributed by atoms with Crippen molar-refractivity contribution in [3.05, 3.63) is 64.2 Å². The van der Waals surface area contributed by atoms with Gasteiger partial charge in [0.15, 0.2) is 0 Å². The fraction of sp³-hybridized carbons (Fsp3) is 0.440. The van der Waals surface area contributed by atoms with E-state index in [0.29, 0.717) is 5.76 Å². The molecule has 1 aromatic heterocycles. The number of benzene rings is 2. The fourth-order valence-electron chi connectivity index (χ4n) is 4.67. The van der Waals surface area contributed by atoms with E-state index in [0.717, 1.165) is 34.9 Å². The minimum Gasteiger partial charge on any atom is -0.456 e. The second kappa shape index (κ2) is 7.77. The molecule has 3 aromatic rings. The van der Waals surface area contributed by atoms with Crippen molar-refractivity contribution >= 4 is 16.7 Å². The lowest BCUT2D eigenvalue weighted by molar-refractivity contribution is -0.384. The van der Waals surface area contributed by atoms with Crippen LogP contribution in [-0.2, 0) is 4.84 Å². The van der Waals surface area contributed by atoms with Crippen molar-refractivity contribution in [2.45, 2.75) is 71.1 Å². The third kappa shape index (κ3) is 4.23. The minimum absolute atomic E-state index is 0.0200. The van der Waals surface area contributed by atoms with E-state index in [2.05, 4.69) is 45.7 Å². The van der Waals surface area contributed by atoms with Crippen LogP contribution in [0.5, 0.6) is 0 Å². The molecule has 164 valence electrons. The summed E-state index contributed by atoms with van der Waals surface area (Å²) in [6.45, 7) is 11.0. The summed E-state index contributed by atoms with van der Waals surface area (Å²) >= 11 is 0. The third-order valence-corrected chi connectivity index (χ3v) is 6.32. The number of rotatable bonds is 5. The Morgan fingerprint density at radius 1 is 1.03 bits per heavy atom. The van der Waals surface area contributed by atoms with Gasteiger partial charge in [0, 0.05) is 34.2 Å². The second-order valence-corrected chi connectivity index (χ2v) is 9.73. The summed E-state index contributed by atoms with van der Waals surface area (Å²) in [6, 6.07) is 14.5. The van der Waals surface area contributed by atoms with Crippen LogP contribution in [0.3, 0.4) is 0 Å². The van der Waals surface area contributed by atoms with Gasteiger partial charge in [-0.1, -0.05) is 12.1 Å². The molecule has 1 unspecified atom stereocenters. The molecule has 0 aliphatic carbocycles. The average molecular weight is 423 g/mol. The number of hydrogen-bond acceptors (Lipinski definition) is 5. The first kappa shape index (κ1) is 21.5. The highest BCUT2D eigenvalue weighted by atomic mass is 16.7. The van der Waals surface area contributed by atoms with Gasteiger partial charge in [-0.05, 0) is 83.7 Å². The first-order valence-electron chi connectivity index (χ1n) is 10.8. The molecule has 6 nitrogen and oxygen atoms in total. The number of furan rings is 1. The molecule has 31 heavy (non-hydrogen) atoms. The third-order valence-electron chi connectivity index (χ3n) is 6.32. The van der Waals surface area contributed by atoms with Crippen LogP contribution in [0, 0.1) is 10.1 Å². The van der Waals surface area contributed by atoms with E-state index in [9.17, 15) is 10.1 Å². The topological polar surface area (TPSA) is 68.8 Å². The van der Waals surface area contributed by atoms with Crippen LogP contribution in [0.1, 0.15) is 65.5 Å². The predicted molar refractivity (Wildman–Crippen MR) is 122 cm³/mol. The first-order chi connectivity index (χ1) is 14.6. The average Bonchev–Trinajstić information content (AvgIpc) is 3.13.